The zero-order valence-electron chi connectivity index (χ0n) is 14.8. The summed E-state index contributed by atoms with van der Waals surface area (Å²) in [6, 6.07) is 4.79. The monoisotopic (exact) mass is 399 g/mol. The molecule has 0 aromatic heterocycles. The van der Waals surface area contributed by atoms with Gasteiger partial charge in [0.05, 0.1) is 17.3 Å². The van der Waals surface area contributed by atoms with Gasteiger partial charge in [0.15, 0.2) is 0 Å². The second-order valence-electron chi connectivity index (χ2n) is 6.22. The normalized spacial score (nSPS) is 13.8. The fourth-order valence-electron chi connectivity index (χ4n) is 2.85. The number of rotatable bonds is 8. The minimum Gasteiger partial charge on any atom is -0.342 e. The van der Waals surface area contributed by atoms with Crippen molar-refractivity contribution in [2.45, 2.75) is 32.6 Å². The molecular formula is C18H23Cl2N3O3. The molecule has 0 bridgehead atoms. The van der Waals surface area contributed by atoms with Crippen molar-refractivity contribution in [3.05, 3.63) is 28.2 Å². The number of benzene rings is 1. The number of carbonyl (C=O) groups is 3. The van der Waals surface area contributed by atoms with Crippen LogP contribution >= 0.6 is 23.2 Å². The zero-order chi connectivity index (χ0) is 19.1. The fourth-order valence-corrected chi connectivity index (χ4v) is 3.18. The molecule has 0 aliphatic carbocycles. The summed E-state index contributed by atoms with van der Waals surface area (Å²) in [5.74, 6) is -0.389. The van der Waals surface area contributed by atoms with Crippen LogP contribution in [0.25, 0.3) is 0 Å². The van der Waals surface area contributed by atoms with Crippen LogP contribution in [0.3, 0.4) is 0 Å². The number of nitrogens with zero attached hydrogens (tertiary/aromatic N) is 2. The summed E-state index contributed by atoms with van der Waals surface area (Å²) in [6.07, 6.45) is 2.35. The van der Waals surface area contributed by atoms with E-state index in [0.717, 1.165) is 12.8 Å². The van der Waals surface area contributed by atoms with E-state index in [0.29, 0.717) is 41.8 Å². The molecule has 1 aromatic rings. The van der Waals surface area contributed by atoms with Crippen LogP contribution in [0.5, 0.6) is 0 Å². The van der Waals surface area contributed by atoms with Crippen LogP contribution in [-0.2, 0) is 14.4 Å². The summed E-state index contributed by atoms with van der Waals surface area (Å²) in [5.41, 5.74) is 0.413. The van der Waals surface area contributed by atoms with Gasteiger partial charge in [-0.05, 0) is 31.0 Å². The molecule has 1 heterocycles. The molecule has 1 aliphatic rings. The highest BCUT2D eigenvalue weighted by atomic mass is 35.5. The maximum atomic E-state index is 12.5. The average molecular weight is 400 g/mol. The molecule has 1 aromatic carbocycles. The summed E-state index contributed by atoms with van der Waals surface area (Å²) in [7, 11) is 0. The first-order valence-electron chi connectivity index (χ1n) is 8.71. The van der Waals surface area contributed by atoms with E-state index in [4.69, 9.17) is 23.2 Å². The van der Waals surface area contributed by atoms with Crippen LogP contribution in [0.15, 0.2) is 18.2 Å². The van der Waals surface area contributed by atoms with E-state index in [1.54, 1.807) is 23.1 Å². The van der Waals surface area contributed by atoms with E-state index in [1.807, 2.05) is 6.92 Å². The summed E-state index contributed by atoms with van der Waals surface area (Å²) >= 11 is 12.0. The number of halogens is 2. The van der Waals surface area contributed by atoms with Gasteiger partial charge in [-0.25, -0.2) is 0 Å². The van der Waals surface area contributed by atoms with Crippen molar-refractivity contribution in [1.29, 1.82) is 0 Å². The summed E-state index contributed by atoms with van der Waals surface area (Å²) in [6.45, 7) is 3.45. The van der Waals surface area contributed by atoms with E-state index in [-0.39, 0.29) is 30.7 Å². The predicted octanol–water partition coefficient (Wildman–Crippen LogP) is 3.18. The van der Waals surface area contributed by atoms with Gasteiger partial charge in [-0.1, -0.05) is 30.1 Å². The number of carbonyl (C=O) groups excluding carboxylic acids is 3. The molecule has 0 atom stereocenters. The Morgan fingerprint density at radius 1 is 1.31 bits per heavy atom. The lowest BCUT2D eigenvalue weighted by atomic mass is 10.3. The summed E-state index contributed by atoms with van der Waals surface area (Å²) < 4.78 is 0. The van der Waals surface area contributed by atoms with E-state index in [9.17, 15) is 14.4 Å². The summed E-state index contributed by atoms with van der Waals surface area (Å²) in [4.78, 5) is 39.6. The topological polar surface area (TPSA) is 69.7 Å². The molecule has 3 amide bonds. The molecule has 1 fully saturated rings. The van der Waals surface area contributed by atoms with Crippen LogP contribution in [0.2, 0.25) is 10.0 Å². The van der Waals surface area contributed by atoms with Gasteiger partial charge in [-0.15, -0.1) is 0 Å². The third-order valence-electron chi connectivity index (χ3n) is 4.15. The second-order valence-corrected chi connectivity index (χ2v) is 7.07. The Labute approximate surface area is 163 Å². The highest BCUT2D eigenvalue weighted by molar-refractivity contribution is 6.35. The van der Waals surface area contributed by atoms with E-state index in [2.05, 4.69) is 5.32 Å². The Bertz CT molecular complexity index is 682. The molecule has 0 unspecified atom stereocenters. The van der Waals surface area contributed by atoms with Crippen LogP contribution < -0.4 is 5.32 Å². The number of anilines is 1. The molecule has 142 valence electrons. The highest BCUT2D eigenvalue weighted by Gasteiger charge is 2.23. The molecule has 0 spiro atoms. The quantitative estimate of drug-likeness (QED) is 0.729. The van der Waals surface area contributed by atoms with Gasteiger partial charge in [0.2, 0.25) is 17.7 Å². The SMILES string of the molecule is CCCN(CC(=O)Nc1cc(Cl)ccc1Cl)C(=O)CCN1CCCC1=O. The molecule has 0 radical (unpaired) electrons. The number of amides is 3. The van der Waals surface area contributed by atoms with Gasteiger partial charge in [0.1, 0.15) is 0 Å². The lowest BCUT2D eigenvalue weighted by Gasteiger charge is -2.23. The maximum Gasteiger partial charge on any atom is 0.244 e. The molecule has 1 aliphatic heterocycles. The Kier molecular flexibility index (Phi) is 7.72. The molecule has 8 heteroatoms. The van der Waals surface area contributed by atoms with Gasteiger partial charge in [0.25, 0.3) is 0 Å². The van der Waals surface area contributed by atoms with Crippen molar-refractivity contribution in [2.75, 3.05) is 31.5 Å². The van der Waals surface area contributed by atoms with Crippen molar-refractivity contribution >= 4 is 46.6 Å². The Morgan fingerprint density at radius 2 is 2.08 bits per heavy atom. The molecule has 1 N–H and O–H groups in total. The lowest BCUT2D eigenvalue weighted by Crippen LogP contribution is -2.40. The fraction of sp³-hybridized carbons (Fsp3) is 0.500. The third-order valence-corrected chi connectivity index (χ3v) is 4.71. The Balaban J connectivity index is 1.91. The van der Waals surface area contributed by atoms with Crippen molar-refractivity contribution < 1.29 is 14.4 Å². The molecule has 1 saturated heterocycles. The first-order chi connectivity index (χ1) is 12.4. The van der Waals surface area contributed by atoms with Gasteiger partial charge in [-0.3, -0.25) is 14.4 Å². The summed E-state index contributed by atoms with van der Waals surface area (Å²) in [5, 5.41) is 3.52. The van der Waals surface area contributed by atoms with E-state index >= 15 is 0 Å². The molecule has 2 rings (SSSR count). The highest BCUT2D eigenvalue weighted by Crippen LogP contribution is 2.25. The Morgan fingerprint density at radius 3 is 2.73 bits per heavy atom. The smallest absolute Gasteiger partial charge is 0.244 e. The maximum absolute atomic E-state index is 12.5. The van der Waals surface area contributed by atoms with Crippen LogP contribution in [0.4, 0.5) is 5.69 Å². The van der Waals surface area contributed by atoms with E-state index in [1.165, 1.54) is 4.90 Å². The van der Waals surface area contributed by atoms with Gasteiger partial charge >= 0.3 is 0 Å². The zero-order valence-corrected chi connectivity index (χ0v) is 16.3. The number of nitrogens with one attached hydrogen (secondary N) is 1. The van der Waals surface area contributed by atoms with Crippen molar-refractivity contribution in [3.63, 3.8) is 0 Å². The Hall–Kier alpha value is -1.79. The van der Waals surface area contributed by atoms with Gasteiger partial charge < -0.3 is 15.1 Å². The molecule has 0 saturated carbocycles. The number of hydrogen-bond donors (Lipinski definition) is 1. The first kappa shape index (κ1) is 20.5. The van der Waals surface area contributed by atoms with Crippen LogP contribution in [0.1, 0.15) is 32.6 Å². The predicted molar refractivity (Wildman–Crippen MR) is 102 cm³/mol. The van der Waals surface area contributed by atoms with Gasteiger partial charge in [0, 0.05) is 37.5 Å². The van der Waals surface area contributed by atoms with Gasteiger partial charge in [-0.2, -0.15) is 0 Å². The molecule has 6 nitrogen and oxygen atoms in total. The second kappa shape index (κ2) is 9.78. The molecule has 26 heavy (non-hydrogen) atoms. The third kappa shape index (κ3) is 5.88. The lowest BCUT2D eigenvalue weighted by molar-refractivity contribution is -0.135. The number of likely N-dealkylation sites (tertiary alicyclic amines) is 1. The molecular weight excluding hydrogens is 377 g/mol. The van der Waals surface area contributed by atoms with Crippen molar-refractivity contribution in [2.24, 2.45) is 0 Å². The minimum atomic E-state index is -0.340. The van der Waals surface area contributed by atoms with Crippen LogP contribution in [0, 0.1) is 0 Å². The van der Waals surface area contributed by atoms with Crippen molar-refractivity contribution in [1.82, 2.24) is 9.80 Å². The standard InChI is InChI=1S/C18H23Cl2N3O3/c1-2-8-23(18(26)7-10-22-9-3-4-17(22)25)12-16(24)21-15-11-13(19)5-6-14(15)20/h5-6,11H,2-4,7-10,12H2,1H3,(H,21,24). The average Bonchev–Trinajstić information content (AvgIpc) is 3.00. The van der Waals surface area contributed by atoms with Crippen molar-refractivity contribution in [3.8, 4) is 0 Å². The largest absolute Gasteiger partial charge is 0.342 e. The minimum absolute atomic E-state index is 0.0660. The van der Waals surface area contributed by atoms with Crippen LogP contribution in [-0.4, -0.2) is 53.7 Å². The van der Waals surface area contributed by atoms with E-state index < -0.39 is 0 Å². The first-order valence-corrected chi connectivity index (χ1v) is 9.46. The number of hydrogen-bond acceptors (Lipinski definition) is 3.